The van der Waals surface area contributed by atoms with Crippen LogP contribution in [0.2, 0.25) is 0 Å². The summed E-state index contributed by atoms with van der Waals surface area (Å²) in [5.41, 5.74) is -4.13. The van der Waals surface area contributed by atoms with Crippen molar-refractivity contribution in [3.63, 3.8) is 0 Å². The number of hydrogen-bond acceptors (Lipinski definition) is 2. The number of nitrogens with one attached hydrogen (secondary N) is 1. The molecule has 0 aliphatic rings. The Balaban J connectivity index is 2.43. The molecule has 1 N–H and O–H groups in total. The van der Waals surface area contributed by atoms with Crippen LogP contribution in [0, 0.1) is 0 Å². The SMILES string of the molecule is O=C(Nc1ccccc1)c1cc(C(F)(F)F)nc(C(F)(F)F)c1. The largest absolute Gasteiger partial charge is 0.433 e. The van der Waals surface area contributed by atoms with Gasteiger partial charge >= 0.3 is 12.4 Å². The molecule has 2 aromatic rings. The van der Waals surface area contributed by atoms with Gasteiger partial charge in [-0.05, 0) is 24.3 Å². The normalized spacial score (nSPS) is 12.1. The summed E-state index contributed by atoms with van der Waals surface area (Å²) in [5.74, 6) is -1.10. The zero-order chi connectivity index (χ0) is 17.3. The van der Waals surface area contributed by atoms with E-state index in [2.05, 4.69) is 10.3 Å². The van der Waals surface area contributed by atoms with Gasteiger partial charge in [0.05, 0.1) is 0 Å². The second kappa shape index (κ2) is 5.90. The Morgan fingerprint density at radius 1 is 0.870 bits per heavy atom. The first-order valence-corrected chi connectivity index (χ1v) is 6.10. The van der Waals surface area contributed by atoms with E-state index in [-0.39, 0.29) is 17.8 Å². The maximum Gasteiger partial charge on any atom is 0.433 e. The van der Waals surface area contributed by atoms with Gasteiger partial charge in [0.25, 0.3) is 5.91 Å². The van der Waals surface area contributed by atoms with Crippen molar-refractivity contribution < 1.29 is 31.1 Å². The molecule has 2 rings (SSSR count). The summed E-state index contributed by atoms with van der Waals surface area (Å²) in [5, 5.41) is 2.21. The molecule has 1 amide bonds. The molecule has 9 heteroatoms. The van der Waals surface area contributed by atoms with E-state index in [1.807, 2.05) is 0 Å². The smallest absolute Gasteiger partial charge is 0.322 e. The number of aromatic nitrogens is 1. The fourth-order valence-electron chi connectivity index (χ4n) is 1.68. The average Bonchev–Trinajstić information content (AvgIpc) is 2.46. The van der Waals surface area contributed by atoms with E-state index < -0.39 is 35.2 Å². The quantitative estimate of drug-likeness (QED) is 0.829. The molecule has 0 aliphatic carbocycles. The van der Waals surface area contributed by atoms with Crippen molar-refractivity contribution in [2.75, 3.05) is 5.32 Å². The second-order valence-electron chi connectivity index (χ2n) is 4.44. The monoisotopic (exact) mass is 334 g/mol. The summed E-state index contributed by atoms with van der Waals surface area (Å²) in [6, 6.07) is 8.14. The van der Waals surface area contributed by atoms with Crippen molar-refractivity contribution in [1.82, 2.24) is 4.98 Å². The lowest BCUT2D eigenvalue weighted by molar-refractivity contribution is -0.150. The van der Waals surface area contributed by atoms with E-state index in [0.717, 1.165) is 0 Å². The molecule has 0 saturated carbocycles. The molecule has 3 nitrogen and oxygen atoms in total. The standard InChI is InChI=1S/C14H8F6N2O/c15-13(16,17)10-6-8(7-11(22-10)14(18,19)20)12(23)21-9-4-2-1-3-5-9/h1-7H,(H,21,23). The molecular formula is C14H8F6N2O. The van der Waals surface area contributed by atoms with E-state index in [9.17, 15) is 31.1 Å². The highest BCUT2D eigenvalue weighted by Crippen LogP contribution is 2.33. The predicted octanol–water partition coefficient (Wildman–Crippen LogP) is 4.37. The first kappa shape index (κ1) is 16.8. The highest BCUT2D eigenvalue weighted by atomic mass is 19.4. The topological polar surface area (TPSA) is 42.0 Å². The number of amides is 1. The maximum absolute atomic E-state index is 12.7. The van der Waals surface area contributed by atoms with Crippen LogP contribution in [0.5, 0.6) is 0 Å². The molecule has 122 valence electrons. The number of halogens is 6. The third-order valence-corrected chi connectivity index (χ3v) is 2.70. The molecule has 1 aromatic carbocycles. The minimum absolute atomic E-state index is 0.233. The van der Waals surface area contributed by atoms with Gasteiger partial charge in [0.15, 0.2) is 0 Å². The molecule has 0 spiro atoms. The molecule has 0 atom stereocenters. The minimum atomic E-state index is -5.11. The van der Waals surface area contributed by atoms with Crippen LogP contribution < -0.4 is 5.32 Å². The van der Waals surface area contributed by atoms with Gasteiger partial charge in [-0.25, -0.2) is 4.98 Å². The van der Waals surface area contributed by atoms with E-state index >= 15 is 0 Å². The van der Waals surface area contributed by atoms with Crippen molar-refractivity contribution in [2.45, 2.75) is 12.4 Å². The van der Waals surface area contributed by atoms with Crippen LogP contribution in [-0.4, -0.2) is 10.9 Å². The molecule has 0 saturated heterocycles. The van der Waals surface area contributed by atoms with E-state index in [0.29, 0.717) is 0 Å². The van der Waals surface area contributed by atoms with E-state index in [1.54, 1.807) is 18.2 Å². The Hall–Kier alpha value is -2.58. The fraction of sp³-hybridized carbons (Fsp3) is 0.143. The number of anilines is 1. The minimum Gasteiger partial charge on any atom is -0.322 e. The Morgan fingerprint density at radius 2 is 1.35 bits per heavy atom. The zero-order valence-corrected chi connectivity index (χ0v) is 11.2. The van der Waals surface area contributed by atoms with Crippen molar-refractivity contribution in [3.8, 4) is 0 Å². The predicted molar refractivity (Wildman–Crippen MR) is 68.6 cm³/mol. The van der Waals surface area contributed by atoms with E-state index in [1.165, 1.54) is 12.1 Å². The van der Waals surface area contributed by atoms with Crippen LogP contribution in [0.25, 0.3) is 0 Å². The molecule has 0 fully saturated rings. The number of rotatable bonds is 2. The van der Waals surface area contributed by atoms with Gasteiger partial charge in [-0.2, -0.15) is 26.3 Å². The lowest BCUT2D eigenvalue weighted by Gasteiger charge is -2.13. The van der Waals surface area contributed by atoms with Crippen LogP contribution in [0.1, 0.15) is 21.7 Å². The average molecular weight is 334 g/mol. The Kier molecular flexibility index (Phi) is 4.31. The highest BCUT2D eigenvalue weighted by molar-refractivity contribution is 6.04. The Morgan fingerprint density at radius 3 is 1.78 bits per heavy atom. The number of pyridine rings is 1. The zero-order valence-electron chi connectivity index (χ0n) is 11.2. The summed E-state index contributed by atoms with van der Waals surface area (Å²) in [6.07, 6.45) is -10.2. The summed E-state index contributed by atoms with van der Waals surface area (Å²) in [4.78, 5) is 14.4. The summed E-state index contributed by atoms with van der Waals surface area (Å²) < 4.78 is 76.0. The van der Waals surface area contributed by atoms with Crippen LogP contribution in [0.3, 0.4) is 0 Å². The molecule has 1 heterocycles. The van der Waals surface area contributed by atoms with E-state index in [4.69, 9.17) is 0 Å². The summed E-state index contributed by atoms with van der Waals surface area (Å²) in [6.45, 7) is 0. The number of nitrogens with zero attached hydrogens (tertiary/aromatic N) is 1. The number of hydrogen-bond donors (Lipinski definition) is 1. The molecule has 0 aliphatic heterocycles. The molecule has 0 bridgehead atoms. The number of para-hydroxylation sites is 1. The van der Waals surface area contributed by atoms with Crippen LogP contribution in [-0.2, 0) is 12.4 Å². The molecule has 0 radical (unpaired) electrons. The van der Waals surface area contributed by atoms with Gasteiger partial charge in [0.1, 0.15) is 11.4 Å². The lowest BCUT2D eigenvalue weighted by Crippen LogP contribution is -2.19. The number of alkyl halides is 6. The van der Waals surface area contributed by atoms with Gasteiger partial charge in [0, 0.05) is 11.3 Å². The third-order valence-electron chi connectivity index (χ3n) is 2.70. The van der Waals surface area contributed by atoms with Crippen molar-refractivity contribution in [2.24, 2.45) is 0 Å². The summed E-state index contributed by atoms with van der Waals surface area (Å²) >= 11 is 0. The number of carbonyl (C=O) groups excluding carboxylic acids is 1. The van der Waals surface area contributed by atoms with Crippen molar-refractivity contribution in [3.05, 3.63) is 59.4 Å². The molecule has 1 aromatic heterocycles. The van der Waals surface area contributed by atoms with Gasteiger partial charge in [0.2, 0.25) is 0 Å². The Labute approximate surface area is 126 Å². The van der Waals surface area contributed by atoms with Gasteiger partial charge in [-0.3, -0.25) is 4.79 Å². The number of benzene rings is 1. The van der Waals surface area contributed by atoms with Crippen LogP contribution >= 0.6 is 0 Å². The summed E-state index contributed by atoms with van der Waals surface area (Å²) in [7, 11) is 0. The first-order valence-electron chi connectivity index (χ1n) is 6.10. The van der Waals surface area contributed by atoms with Crippen LogP contribution in [0.4, 0.5) is 32.0 Å². The lowest BCUT2D eigenvalue weighted by atomic mass is 10.1. The molecule has 23 heavy (non-hydrogen) atoms. The molecule has 0 unspecified atom stereocenters. The first-order chi connectivity index (χ1) is 10.6. The van der Waals surface area contributed by atoms with Crippen LogP contribution in [0.15, 0.2) is 42.5 Å². The number of carbonyl (C=O) groups is 1. The van der Waals surface area contributed by atoms with Gasteiger partial charge in [-0.15, -0.1) is 0 Å². The Bertz CT molecular complexity index is 677. The fourth-order valence-corrected chi connectivity index (χ4v) is 1.68. The van der Waals surface area contributed by atoms with Gasteiger partial charge in [-0.1, -0.05) is 18.2 Å². The third kappa shape index (κ3) is 4.21. The molecular weight excluding hydrogens is 326 g/mol. The van der Waals surface area contributed by atoms with Crippen molar-refractivity contribution >= 4 is 11.6 Å². The second-order valence-corrected chi connectivity index (χ2v) is 4.44. The highest BCUT2D eigenvalue weighted by Gasteiger charge is 2.39. The maximum atomic E-state index is 12.7. The van der Waals surface area contributed by atoms with Crippen molar-refractivity contribution in [1.29, 1.82) is 0 Å². The van der Waals surface area contributed by atoms with Gasteiger partial charge < -0.3 is 5.32 Å².